The van der Waals surface area contributed by atoms with Crippen LogP contribution >= 0.6 is 0 Å². The van der Waals surface area contributed by atoms with Crippen LogP contribution in [0.4, 0.5) is 0 Å². The van der Waals surface area contributed by atoms with Crippen LogP contribution in [0, 0.1) is 0 Å². The molecule has 0 heterocycles. The molecule has 1 N–H and O–H groups in total. The van der Waals surface area contributed by atoms with Crippen LogP contribution < -0.4 is 0 Å². The molecule has 96 valence electrons. The molecule has 0 aromatic rings. The zero-order valence-electron chi connectivity index (χ0n) is 12.9. The summed E-state index contributed by atoms with van der Waals surface area (Å²) in [7, 11) is -1.89. The van der Waals surface area contributed by atoms with Gasteiger partial charge in [0.1, 0.15) is 24.4 Å². The minimum absolute atomic E-state index is 0.252. The van der Waals surface area contributed by atoms with Gasteiger partial charge in [0, 0.05) is 28.3 Å². The molecule has 0 aliphatic carbocycles. The Kier molecular flexibility index (Phi) is 5.10. The van der Waals surface area contributed by atoms with E-state index in [1.54, 1.807) is 0 Å². The maximum atomic E-state index is 11.0. The highest BCUT2D eigenvalue weighted by molar-refractivity contribution is 5.57. The van der Waals surface area contributed by atoms with Crippen LogP contribution in [0.3, 0.4) is 0 Å². The standard InChI is InChI=1S/C10H20O6/c1-13-6-7(12)9(15-3)10(16-4)8(5-11)14-2/h5,7-10,12H,6H2,1-4H3/t7-,8-,9-,10-/m1/s1/i1D,2D,3D,4D. The van der Waals surface area contributed by atoms with Crippen molar-refractivity contribution in [3.63, 3.8) is 0 Å². The van der Waals surface area contributed by atoms with E-state index in [1.165, 1.54) is 0 Å². The highest BCUT2D eigenvalue weighted by atomic mass is 16.6. The van der Waals surface area contributed by atoms with Crippen molar-refractivity contribution in [1.29, 1.82) is 0 Å². The van der Waals surface area contributed by atoms with Gasteiger partial charge in [0.05, 0.1) is 12.1 Å². The molecule has 0 rings (SSSR count). The van der Waals surface area contributed by atoms with Gasteiger partial charge in [-0.2, -0.15) is 0 Å². The molecule has 0 amide bonds. The van der Waals surface area contributed by atoms with Gasteiger partial charge < -0.3 is 28.8 Å². The Balaban J connectivity index is 4.93. The van der Waals surface area contributed by atoms with Gasteiger partial charge in [0.2, 0.25) is 0 Å². The molecule has 6 nitrogen and oxygen atoms in total. The van der Waals surface area contributed by atoms with E-state index in [-0.39, 0.29) is 13.7 Å². The Morgan fingerprint density at radius 2 is 1.88 bits per heavy atom. The highest BCUT2D eigenvalue weighted by Crippen LogP contribution is 2.13. The van der Waals surface area contributed by atoms with E-state index in [0.29, 0.717) is 6.29 Å². The summed E-state index contributed by atoms with van der Waals surface area (Å²) in [6.07, 6.45) is -4.39. The maximum Gasteiger partial charge on any atom is 0.151 e. The lowest BCUT2D eigenvalue weighted by Gasteiger charge is -2.31. The van der Waals surface area contributed by atoms with Crippen LogP contribution in [-0.2, 0) is 23.7 Å². The first kappa shape index (κ1) is 9.49. The summed E-state index contributed by atoms with van der Waals surface area (Å²) in [5, 5.41) is 9.90. The molecule has 0 saturated heterocycles. The summed E-state index contributed by atoms with van der Waals surface area (Å²) in [6.45, 7) is -0.252. The molecule has 0 aliphatic rings. The Morgan fingerprint density at radius 1 is 1.19 bits per heavy atom. The SMILES string of the molecule is [2H]COC[C@@H](O)[C@@H](OC[2H])[C@H](OC[2H])[C@@H](C=O)OC[2H]. The number of aliphatic hydroxyl groups is 1. The van der Waals surface area contributed by atoms with Crippen LogP contribution in [0.15, 0.2) is 0 Å². The molecule has 0 aliphatic heterocycles. The molecule has 0 radical (unpaired) electrons. The predicted molar refractivity (Wildman–Crippen MR) is 56.3 cm³/mol. The number of carbonyl (C=O) groups excluding carboxylic acids is 1. The Labute approximate surface area is 101 Å². The number of aliphatic hydroxyl groups excluding tert-OH is 1. The van der Waals surface area contributed by atoms with Crippen molar-refractivity contribution in [2.24, 2.45) is 0 Å². The zero-order valence-corrected chi connectivity index (χ0v) is 8.91. The van der Waals surface area contributed by atoms with Gasteiger partial charge in [-0.1, -0.05) is 0 Å². The van der Waals surface area contributed by atoms with Crippen molar-refractivity contribution < 1.29 is 34.3 Å². The van der Waals surface area contributed by atoms with Gasteiger partial charge in [-0.05, 0) is 0 Å². The van der Waals surface area contributed by atoms with E-state index in [9.17, 15) is 9.90 Å². The average molecular weight is 240 g/mol. The van der Waals surface area contributed by atoms with Gasteiger partial charge in [-0.15, -0.1) is 0 Å². The molecule has 0 fully saturated rings. The Hall–Kier alpha value is -0.530. The second kappa shape index (κ2) is 8.60. The fourth-order valence-corrected chi connectivity index (χ4v) is 1.23. The quantitative estimate of drug-likeness (QED) is 0.534. The third kappa shape index (κ3) is 4.15. The van der Waals surface area contributed by atoms with Crippen molar-refractivity contribution in [3.8, 4) is 0 Å². The summed E-state index contributed by atoms with van der Waals surface area (Å²) >= 11 is 0. The fourth-order valence-electron chi connectivity index (χ4n) is 1.23. The van der Waals surface area contributed by atoms with Crippen molar-refractivity contribution >= 4 is 6.29 Å². The molecule has 0 saturated carbocycles. The number of hydrogen-bond donors (Lipinski definition) is 1. The summed E-state index contributed by atoms with van der Waals surface area (Å²) in [4.78, 5) is 11.0. The first-order chi connectivity index (χ1) is 9.65. The average Bonchev–Trinajstić information content (AvgIpc) is 2.46. The van der Waals surface area contributed by atoms with Crippen LogP contribution in [0.1, 0.15) is 5.48 Å². The molecule has 0 bridgehead atoms. The van der Waals surface area contributed by atoms with E-state index in [2.05, 4.69) is 0 Å². The summed E-state index contributed by atoms with van der Waals surface area (Å²) in [5.41, 5.74) is 0. The van der Waals surface area contributed by atoms with Crippen LogP contribution in [0.5, 0.6) is 0 Å². The minimum Gasteiger partial charge on any atom is -0.388 e. The summed E-state index contributed by atoms with van der Waals surface area (Å²) < 4.78 is 47.5. The van der Waals surface area contributed by atoms with E-state index >= 15 is 0 Å². The number of carbonyl (C=O) groups is 1. The van der Waals surface area contributed by atoms with Gasteiger partial charge in [-0.25, -0.2) is 0 Å². The van der Waals surface area contributed by atoms with E-state index in [1.807, 2.05) is 0 Å². The molecule has 16 heavy (non-hydrogen) atoms. The number of methoxy groups -OCH3 is 4. The smallest absolute Gasteiger partial charge is 0.151 e. The topological polar surface area (TPSA) is 74.2 Å². The molecule has 4 atom stereocenters. The molecule has 0 aromatic heterocycles. The predicted octanol–water partition coefficient (Wildman–Crippen LogP) is -0.762. The number of hydrogen-bond acceptors (Lipinski definition) is 6. The van der Waals surface area contributed by atoms with E-state index in [4.69, 9.17) is 24.4 Å². The van der Waals surface area contributed by atoms with Gasteiger partial charge in [0.15, 0.2) is 6.29 Å². The lowest BCUT2D eigenvalue weighted by Crippen LogP contribution is -2.49. The molecular weight excluding hydrogens is 216 g/mol. The highest BCUT2D eigenvalue weighted by Gasteiger charge is 2.34. The third-order valence-corrected chi connectivity index (χ3v) is 2.03. The zero-order chi connectivity index (χ0) is 15.4. The molecule has 0 spiro atoms. The Bertz CT molecular complexity index is 248. The molecule has 0 unspecified atom stereocenters. The van der Waals surface area contributed by atoms with E-state index < -0.39 is 45.7 Å². The third-order valence-electron chi connectivity index (χ3n) is 2.03. The van der Waals surface area contributed by atoms with Gasteiger partial charge in [0.25, 0.3) is 0 Å². The van der Waals surface area contributed by atoms with E-state index in [0.717, 1.165) is 0 Å². The van der Waals surface area contributed by atoms with Crippen molar-refractivity contribution in [3.05, 3.63) is 0 Å². The lowest BCUT2D eigenvalue weighted by molar-refractivity contribution is -0.156. The Morgan fingerprint density at radius 3 is 2.44 bits per heavy atom. The van der Waals surface area contributed by atoms with Crippen molar-refractivity contribution in [1.82, 2.24) is 0 Å². The van der Waals surface area contributed by atoms with Crippen molar-refractivity contribution in [2.45, 2.75) is 24.4 Å². The van der Waals surface area contributed by atoms with Gasteiger partial charge >= 0.3 is 0 Å². The fraction of sp³-hybridized carbons (Fsp3) is 0.900. The lowest BCUT2D eigenvalue weighted by atomic mass is 10.0. The maximum absolute atomic E-state index is 11.0. The molecular formula is C10H20O6. The van der Waals surface area contributed by atoms with Crippen molar-refractivity contribution in [2.75, 3.05) is 35.0 Å². The second-order valence-corrected chi connectivity index (χ2v) is 2.97. The van der Waals surface area contributed by atoms with Gasteiger partial charge in [-0.3, -0.25) is 0 Å². The first-order valence-electron chi connectivity index (χ1n) is 7.21. The number of rotatable bonds is 9. The van der Waals surface area contributed by atoms with Crippen LogP contribution in [0.2, 0.25) is 0 Å². The number of ether oxygens (including phenoxy) is 4. The number of aldehydes is 1. The molecule has 6 heteroatoms. The minimum atomic E-state index is -1.26. The second-order valence-electron chi connectivity index (χ2n) is 2.97. The van der Waals surface area contributed by atoms with Crippen LogP contribution in [-0.4, -0.2) is 70.8 Å². The van der Waals surface area contributed by atoms with Crippen LogP contribution in [0.25, 0.3) is 0 Å². The monoisotopic (exact) mass is 240 g/mol. The summed E-state index contributed by atoms with van der Waals surface area (Å²) in [6, 6.07) is 0. The normalized spacial score (nSPS) is 22.1. The largest absolute Gasteiger partial charge is 0.388 e. The molecule has 0 aromatic carbocycles. The summed E-state index contributed by atoms with van der Waals surface area (Å²) in [5.74, 6) is 0. The first-order valence-corrected chi connectivity index (χ1v) is 4.39.